The SMILES string of the molecule is COCCN(CCOP(=O)(O)OCCN(CCOP(=O)(O)OCCN(CCO)C(=O)CCCO[C@@H]1OC(CO)[C@H](O)C(O)[C@@H]1C)C(=O)CCCO[C@@H]1OC(CO)[C@H](O)C(O)[C@@H]1C)C(=O)CCCO[C@@H]1OC(CO)[C@H](O)C(O)[C@@H]1C. The summed E-state index contributed by atoms with van der Waals surface area (Å²) < 4.78 is 85.0. The van der Waals surface area contributed by atoms with Gasteiger partial charge in [0.05, 0.1) is 97.6 Å². The van der Waals surface area contributed by atoms with Crippen LogP contribution in [0.2, 0.25) is 0 Å². The summed E-state index contributed by atoms with van der Waals surface area (Å²) in [6.45, 7) is -0.852. The van der Waals surface area contributed by atoms with E-state index >= 15 is 0 Å². The largest absolute Gasteiger partial charge is 0.472 e. The van der Waals surface area contributed by atoms with E-state index in [1.807, 2.05) is 0 Å². The zero-order chi connectivity index (χ0) is 58.9. The van der Waals surface area contributed by atoms with Gasteiger partial charge in [0.2, 0.25) is 17.7 Å². The zero-order valence-electron chi connectivity index (χ0n) is 45.3. The second-order valence-corrected chi connectivity index (χ2v) is 22.2. The first-order chi connectivity index (χ1) is 37.5. The predicted octanol–water partition coefficient (Wildman–Crippen LogP) is -4.01. The van der Waals surface area contributed by atoms with Crippen LogP contribution in [-0.2, 0) is 74.8 Å². The molecule has 0 spiro atoms. The lowest BCUT2D eigenvalue weighted by Gasteiger charge is -2.40. The maximum Gasteiger partial charge on any atom is 0.472 e. The Balaban J connectivity index is 1.52. The van der Waals surface area contributed by atoms with Crippen molar-refractivity contribution in [2.24, 2.45) is 17.8 Å². The molecule has 31 nitrogen and oxygen atoms in total. The van der Waals surface area contributed by atoms with Gasteiger partial charge in [0.1, 0.15) is 36.6 Å². The van der Waals surface area contributed by atoms with Crippen LogP contribution in [0.3, 0.4) is 0 Å². The van der Waals surface area contributed by atoms with Crippen molar-refractivity contribution in [3.05, 3.63) is 0 Å². The monoisotopic (exact) mass is 1190 g/mol. The van der Waals surface area contributed by atoms with Crippen LogP contribution in [0.25, 0.3) is 0 Å². The average Bonchev–Trinajstić information content (AvgIpc) is 3.43. The second kappa shape index (κ2) is 36.6. The van der Waals surface area contributed by atoms with E-state index in [2.05, 4.69) is 0 Å². The van der Waals surface area contributed by atoms with E-state index in [4.69, 9.17) is 51.3 Å². The van der Waals surface area contributed by atoms with Crippen molar-refractivity contribution in [3.8, 4) is 0 Å². The number of carbonyl (C=O) groups is 3. The number of phosphoric ester groups is 2. The highest BCUT2D eigenvalue weighted by Gasteiger charge is 2.45. The molecule has 0 bridgehead atoms. The van der Waals surface area contributed by atoms with Crippen LogP contribution in [0.5, 0.6) is 0 Å². The van der Waals surface area contributed by atoms with Crippen molar-refractivity contribution < 1.29 is 136 Å². The lowest BCUT2D eigenvalue weighted by atomic mass is 9.92. The maximum atomic E-state index is 13.5. The molecule has 0 radical (unpaired) electrons. The summed E-state index contributed by atoms with van der Waals surface area (Å²) in [5.74, 6) is -3.44. The minimum Gasteiger partial charge on any atom is -0.395 e. The van der Waals surface area contributed by atoms with Crippen LogP contribution < -0.4 is 0 Å². The van der Waals surface area contributed by atoms with E-state index < -0.39 is 172 Å². The van der Waals surface area contributed by atoms with Crippen LogP contribution in [0.15, 0.2) is 0 Å². The number of nitrogens with zero attached hydrogens (tertiary/aromatic N) is 3. The highest BCUT2D eigenvalue weighted by molar-refractivity contribution is 7.47. The molecule has 17 atom stereocenters. The van der Waals surface area contributed by atoms with Gasteiger partial charge in [-0.15, -0.1) is 0 Å². The fraction of sp³-hybridized carbons (Fsp3) is 0.935. The van der Waals surface area contributed by atoms with Gasteiger partial charge < -0.3 is 109 Å². The summed E-state index contributed by atoms with van der Waals surface area (Å²) in [6.07, 6.45) is -13.8. The van der Waals surface area contributed by atoms with Gasteiger partial charge >= 0.3 is 15.6 Å². The van der Waals surface area contributed by atoms with Crippen LogP contribution in [0.4, 0.5) is 0 Å². The molecule has 3 aliphatic rings. The highest BCUT2D eigenvalue weighted by atomic mass is 31.2. The van der Waals surface area contributed by atoms with Gasteiger partial charge in [-0.3, -0.25) is 32.5 Å². The quantitative estimate of drug-likeness (QED) is 0.0206. The maximum absolute atomic E-state index is 13.5. The lowest BCUT2D eigenvalue weighted by Crippen LogP contribution is -2.55. The number of hydrogen-bond acceptors (Lipinski definition) is 26. The predicted molar refractivity (Wildman–Crippen MR) is 268 cm³/mol. The Morgan fingerprint density at radius 3 is 0.949 bits per heavy atom. The number of aliphatic hydroxyl groups is 10. The Bertz CT molecular complexity index is 1850. The number of methoxy groups -OCH3 is 1. The van der Waals surface area contributed by atoms with Gasteiger partial charge in [0.15, 0.2) is 18.9 Å². The first kappa shape index (κ1) is 71.2. The molecule has 12 N–H and O–H groups in total. The minimum absolute atomic E-state index is 0.0131. The fourth-order valence-corrected chi connectivity index (χ4v) is 9.92. The summed E-state index contributed by atoms with van der Waals surface area (Å²) in [4.78, 5) is 64.2. The molecule has 8 unspecified atom stereocenters. The number of aliphatic hydroxyl groups excluding tert-OH is 10. The molecule has 0 aromatic carbocycles. The van der Waals surface area contributed by atoms with Gasteiger partial charge in [-0.05, 0) is 19.3 Å². The third-order valence-electron chi connectivity index (χ3n) is 13.5. The molecule has 0 aromatic heterocycles. The number of phosphoric acid groups is 2. The lowest BCUT2D eigenvalue weighted by molar-refractivity contribution is -0.282. The zero-order valence-corrected chi connectivity index (χ0v) is 47.1. The summed E-state index contributed by atoms with van der Waals surface area (Å²) >= 11 is 0. The first-order valence-electron chi connectivity index (χ1n) is 26.3. The van der Waals surface area contributed by atoms with Crippen molar-refractivity contribution in [3.63, 3.8) is 0 Å². The molecule has 3 fully saturated rings. The number of rotatable bonds is 39. The molecule has 464 valence electrons. The Hall–Kier alpha value is -2.05. The molecule has 3 aliphatic heterocycles. The fourth-order valence-electron chi connectivity index (χ4n) is 8.52. The number of hydrogen-bond donors (Lipinski definition) is 12. The normalized spacial score (nSPS) is 30.8. The standard InChI is InChI=1S/C46H87N3O28P2/c1-29-38(57)41(60)32(26-51)75-44(29)68-18-5-8-35(54)47(11-17-50)13-22-71-78(63,64)73-24-15-49(37(56)10-7-20-70-46-31(3)40(59)43(62)34(28-53)77-46)16-25-74-79(65,66)72-23-14-48(12-21-67-4)36(55)9-6-19-69-45-30(2)39(58)42(61)33(27-52)76-45/h29-34,38-46,50-53,57-62H,5-28H2,1-4H3,(H,63,64)(H,65,66)/t29-,30-,31-,32?,33?,34?,38?,39?,40?,41-,42-,43-,44+,45+,46+/m0/s1. The Labute approximate surface area is 459 Å². The van der Waals surface area contributed by atoms with E-state index in [-0.39, 0.29) is 110 Å². The van der Waals surface area contributed by atoms with Crippen molar-refractivity contribution in [1.29, 1.82) is 0 Å². The van der Waals surface area contributed by atoms with Crippen molar-refractivity contribution in [2.75, 3.05) is 126 Å². The summed E-state index contributed by atoms with van der Waals surface area (Å²) in [5, 5.41) is 99.2. The first-order valence-corrected chi connectivity index (χ1v) is 29.3. The van der Waals surface area contributed by atoms with E-state index in [0.717, 1.165) is 4.90 Å². The smallest absolute Gasteiger partial charge is 0.395 e. The number of carbonyl (C=O) groups excluding carboxylic acids is 3. The third-order valence-corrected chi connectivity index (χ3v) is 15.5. The van der Waals surface area contributed by atoms with E-state index in [1.54, 1.807) is 20.8 Å². The number of amides is 3. The van der Waals surface area contributed by atoms with Gasteiger partial charge in [-0.25, -0.2) is 9.13 Å². The number of ether oxygens (including phenoxy) is 7. The molecular formula is C46H87N3O28P2. The molecule has 3 rings (SSSR count). The van der Waals surface area contributed by atoms with Crippen LogP contribution in [0.1, 0.15) is 59.3 Å². The third kappa shape index (κ3) is 23.9. The van der Waals surface area contributed by atoms with Gasteiger partial charge in [0.25, 0.3) is 0 Å². The topological polar surface area (TPSA) is 439 Å². The molecule has 0 saturated carbocycles. The Morgan fingerprint density at radius 1 is 0.430 bits per heavy atom. The van der Waals surface area contributed by atoms with E-state index in [9.17, 15) is 84.4 Å². The van der Waals surface area contributed by atoms with Gasteiger partial charge in [0, 0.05) is 83.4 Å². The molecule has 79 heavy (non-hydrogen) atoms. The second-order valence-electron chi connectivity index (χ2n) is 19.2. The molecule has 0 aromatic rings. The molecule has 3 saturated heterocycles. The van der Waals surface area contributed by atoms with Crippen LogP contribution in [0, 0.1) is 17.8 Å². The van der Waals surface area contributed by atoms with Crippen molar-refractivity contribution in [1.82, 2.24) is 14.7 Å². The van der Waals surface area contributed by atoms with Gasteiger partial charge in [-0.1, -0.05) is 20.8 Å². The molecule has 33 heteroatoms. The molecule has 0 aliphatic carbocycles. The van der Waals surface area contributed by atoms with Crippen LogP contribution in [-0.4, -0.2) is 293 Å². The Morgan fingerprint density at radius 2 is 0.696 bits per heavy atom. The van der Waals surface area contributed by atoms with Crippen molar-refractivity contribution in [2.45, 2.75) is 133 Å². The Kier molecular flexibility index (Phi) is 33.0. The van der Waals surface area contributed by atoms with E-state index in [1.165, 1.54) is 16.9 Å². The summed E-state index contributed by atoms with van der Waals surface area (Å²) in [7, 11) is -8.27. The average molecular weight is 1190 g/mol. The van der Waals surface area contributed by atoms with Gasteiger partial charge in [-0.2, -0.15) is 0 Å². The van der Waals surface area contributed by atoms with Crippen molar-refractivity contribution >= 4 is 33.4 Å². The molecule has 3 heterocycles. The molecular weight excluding hydrogens is 1100 g/mol. The minimum atomic E-state index is -4.85. The van der Waals surface area contributed by atoms with Crippen LogP contribution >= 0.6 is 15.6 Å². The summed E-state index contributed by atoms with van der Waals surface area (Å²) in [5.41, 5.74) is 0. The summed E-state index contributed by atoms with van der Waals surface area (Å²) in [6, 6.07) is 0. The highest BCUT2D eigenvalue weighted by Crippen LogP contribution is 2.44. The van der Waals surface area contributed by atoms with E-state index in [0.29, 0.717) is 0 Å². The molecule has 3 amide bonds.